The van der Waals surface area contributed by atoms with Crippen LogP contribution in [0.1, 0.15) is 123 Å². The lowest BCUT2D eigenvalue weighted by atomic mass is 9.65. The zero-order valence-corrected chi connectivity index (χ0v) is 33.8. The largest absolute Gasteiger partial charge is 0.481 e. The number of aliphatic carboxylic acids is 1. The van der Waals surface area contributed by atoms with Crippen molar-refractivity contribution in [3.63, 3.8) is 0 Å². The van der Waals surface area contributed by atoms with Gasteiger partial charge in [0, 0.05) is 57.5 Å². The van der Waals surface area contributed by atoms with Gasteiger partial charge in [-0.25, -0.2) is 9.59 Å². The third-order valence-electron chi connectivity index (χ3n) is 14.6. The van der Waals surface area contributed by atoms with Crippen LogP contribution < -0.4 is 26.6 Å². The van der Waals surface area contributed by atoms with E-state index in [1.807, 2.05) is 4.90 Å². The van der Waals surface area contributed by atoms with Gasteiger partial charge in [-0.15, -0.1) is 0 Å². The first-order valence-corrected chi connectivity index (χ1v) is 22.5. The molecule has 4 unspecified atom stereocenters. The number of piperidine rings is 2. The summed E-state index contributed by atoms with van der Waals surface area (Å²) in [5.41, 5.74) is -0.787. The smallest absolute Gasteiger partial charge is 0.317 e. The van der Waals surface area contributed by atoms with Crippen LogP contribution in [0.25, 0.3) is 0 Å². The van der Waals surface area contributed by atoms with E-state index in [2.05, 4.69) is 26.6 Å². The van der Waals surface area contributed by atoms with Gasteiger partial charge >= 0.3 is 18.0 Å². The summed E-state index contributed by atoms with van der Waals surface area (Å²) >= 11 is 0. The lowest BCUT2D eigenvalue weighted by Crippen LogP contribution is -2.65. The van der Waals surface area contributed by atoms with E-state index in [4.69, 9.17) is 24.1 Å². The molecule has 0 aromatic rings. The van der Waals surface area contributed by atoms with E-state index in [1.54, 1.807) is 0 Å². The Kier molecular flexibility index (Phi) is 14.5. The lowest BCUT2D eigenvalue weighted by molar-refractivity contribution is -0.228. The highest BCUT2D eigenvalue weighted by atomic mass is 16.5. The molecule has 8 aliphatic heterocycles. The van der Waals surface area contributed by atoms with Gasteiger partial charge in [0.15, 0.2) is 0 Å². The van der Waals surface area contributed by atoms with Crippen LogP contribution in [-0.2, 0) is 28.5 Å². The van der Waals surface area contributed by atoms with E-state index in [1.165, 1.54) is 38.5 Å². The molecule has 4 aliphatic carbocycles. The van der Waals surface area contributed by atoms with Gasteiger partial charge in [-0.3, -0.25) is 9.59 Å². The average Bonchev–Trinajstić information content (AvgIpc) is 3.18. The highest BCUT2D eigenvalue weighted by molar-refractivity contribution is 5.79. The van der Waals surface area contributed by atoms with Crippen LogP contribution in [0.2, 0.25) is 0 Å². The average molecular weight is 817 g/mol. The summed E-state index contributed by atoms with van der Waals surface area (Å²) in [5.74, 6) is 2.51. The summed E-state index contributed by atoms with van der Waals surface area (Å²) < 4.78 is 22.8. The number of urea groups is 2. The van der Waals surface area contributed by atoms with Crippen molar-refractivity contribution < 1.29 is 43.2 Å². The van der Waals surface area contributed by atoms with Crippen LogP contribution in [0.5, 0.6) is 0 Å². The molecular weight excluding hydrogens is 745 g/mol. The predicted octanol–water partition coefficient (Wildman–Crippen LogP) is 4.48. The number of hydrogen-bond acceptors (Lipinski definition) is 9. The van der Waals surface area contributed by atoms with Crippen LogP contribution in [0, 0.1) is 35.5 Å². The summed E-state index contributed by atoms with van der Waals surface area (Å²) in [6.07, 6.45) is 18.8. The number of carbonyl (C=O) groups is 4. The molecule has 8 bridgehead atoms. The van der Waals surface area contributed by atoms with Gasteiger partial charge in [0.25, 0.3) is 0 Å². The second-order valence-corrected chi connectivity index (χ2v) is 19.1. The van der Waals surface area contributed by atoms with Gasteiger partial charge in [0.2, 0.25) is 5.91 Å². The minimum atomic E-state index is -0.682. The summed E-state index contributed by atoms with van der Waals surface area (Å²) in [4.78, 5) is 49.9. The van der Waals surface area contributed by atoms with Crippen molar-refractivity contribution in [1.29, 1.82) is 0 Å². The molecule has 12 aliphatic rings. The molecule has 58 heavy (non-hydrogen) atoms. The molecule has 6 N–H and O–H groups in total. The molecule has 5 amide bonds. The fourth-order valence-corrected chi connectivity index (χ4v) is 12.2. The van der Waals surface area contributed by atoms with Gasteiger partial charge < -0.3 is 55.5 Å². The molecule has 328 valence electrons. The Morgan fingerprint density at radius 1 is 0.569 bits per heavy atom. The maximum atomic E-state index is 12.7. The second kappa shape index (κ2) is 19.3. The molecule has 0 radical (unpaired) electrons. The highest BCUT2D eigenvalue weighted by Gasteiger charge is 2.54. The van der Waals surface area contributed by atoms with E-state index < -0.39 is 11.7 Å². The summed E-state index contributed by atoms with van der Waals surface area (Å²) in [5, 5.41) is 24.4. The molecule has 12 rings (SSSR count). The zero-order chi connectivity index (χ0) is 39.4. The van der Waals surface area contributed by atoms with Crippen LogP contribution in [0.4, 0.5) is 9.59 Å². The van der Waals surface area contributed by atoms with Gasteiger partial charge in [0.05, 0.1) is 18.1 Å². The summed E-state index contributed by atoms with van der Waals surface area (Å²) in [6, 6.07) is 0.313. The molecule has 8 heterocycles. The van der Waals surface area contributed by atoms with E-state index >= 15 is 0 Å². The maximum Gasteiger partial charge on any atom is 0.317 e. The van der Waals surface area contributed by atoms with Gasteiger partial charge in [-0.1, -0.05) is 7.43 Å². The van der Waals surface area contributed by atoms with Gasteiger partial charge in [-0.2, -0.15) is 0 Å². The predicted molar refractivity (Wildman–Crippen MR) is 216 cm³/mol. The first kappa shape index (κ1) is 43.4. The zero-order valence-electron chi connectivity index (χ0n) is 33.8. The highest BCUT2D eigenvalue weighted by Crippen LogP contribution is 2.53. The van der Waals surface area contributed by atoms with Crippen molar-refractivity contribution in [2.45, 2.75) is 159 Å². The Bertz CT molecular complexity index is 1340. The molecule has 8 saturated heterocycles. The minimum absolute atomic E-state index is 0. The Morgan fingerprint density at radius 3 is 1.38 bits per heavy atom. The quantitative estimate of drug-likeness (QED) is 0.223. The number of nitrogens with one attached hydrogen (secondary N) is 5. The molecule has 15 nitrogen and oxygen atoms in total. The number of rotatable bonds is 6. The molecule has 0 spiro atoms. The standard InChI is InChI=1S/C21H33N3O4.C15H25N3O2.C6H10O3.CH4/c25-19(16-3-7-27-8-4-16)24-5-1-17(2-6-24)22-20(26)23-21-12-14-9-15(13-21)11-18(10-14)28-21;19-14(17-12-1-3-16-4-2-12)18-15-8-10-5-11(9-15)7-13(6-10)20-15;7-6(8)5-1-3-9-4-2-5;/h14-18H,1-13H2,(H2,22,23,26);10-13,16H,1-9H2,(H2,17,18,19);5H,1-4H2,(H,7,8);1H4. The van der Waals surface area contributed by atoms with Crippen LogP contribution in [0.3, 0.4) is 0 Å². The number of amides is 5. The van der Waals surface area contributed by atoms with E-state index in [-0.39, 0.29) is 49.0 Å². The van der Waals surface area contributed by atoms with E-state index in [0.717, 1.165) is 102 Å². The van der Waals surface area contributed by atoms with Crippen LogP contribution in [0.15, 0.2) is 0 Å². The third-order valence-corrected chi connectivity index (χ3v) is 14.6. The van der Waals surface area contributed by atoms with Crippen molar-refractivity contribution in [2.24, 2.45) is 35.5 Å². The first-order chi connectivity index (χ1) is 27.6. The van der Waals surface area contributed by atoms with Crippen LogP contribution >= 0.6 is 0 Å². The SMILES string of the molecule is C.O=C(NC1CCN(C(=O)C2CCOCC2)CC1)NC12CC3CC(CC(C3)O1)C2.O=C(NC1CCNCC1)NC12CC3CC(CC(C3)O1)C2.O=C(O)C1CCOCC1. The van der Waals surface area contributed by atoms with E-state index in [9.17, 15) is 19.2 Å². The van der Waals surface area contributed by atoms with Crippen molar-refractivity contribution in [2.75, 3.05) is 52.6 Å². The number of carbonyl (C=O) groups excluding carboxylic acids is 3. The monoisotopic (exact) mass is 817 g/mol. The van der Waals surface area contributed by atoms with Crippen molar-refractivity contribution >= 4 is 23.9 Å². The Morgan fingerprint density at radius 2 is 0.983 bits per heavy atom. The number of ether oxygens (including phenoxy) is 4. The summed E-state index contributed by atoms with van der Waals surface area (Å²) in [6.45, 7) is 6.07. The normalized spacial score (nSPS) is 36.9. The molecule has 12 fully saturated rings. The van der Waals surface area contributed by atoms with Gasteiger partial charge in [-0.05, 0) is 152 Å². The third kappa shape index (κ3) is 11.0. The number of carboxylic acids is 1. The molecular formula is C43H72N6O9. The van der Waals surface area contributed by atoms with Crippen molar-refractivity contribution in [3.8, 4) is 0 Å². The number of likely N-dealkylation sites (tertiary alicyclic amines) is 1. The number of hydrogen-bond donors (Lipinski definition) is 6. The summed E-state index contributed by atoms with van der Waals surface area (Å²) in [7, 11) is 0. The molecule has 15 heteroatoms. The lowest BCUT2D eigenvalue weighted by Gasteiger charge is -2.56. The molecule has 0 aromatic heterocycles. The second-order valence-electron chi connectivity index (χ2n) is 19.1. The van der Waals surface area contributed by atoms with Crippen LogP contribution in [-0.4, -0.2) is 122 Å². The minimum Gasteiger partial charge on any atom is -0.481 e. The first-order valence-electron chi connectivity index (χ1n) is 22.5. The number of carboxylic acid groups (broad SMARTS) is 1. The van der Waals surface area contributed by atoms with Crippen molar-refractivity contribution in [3.05, 3.63) is 0 Å². The van der Waals surface area contributed by atoms with E-state index in [0.29, 0.717) is 69.4 Å². The van der Waals surface area contributed by atoms with Gasteiger partial charge in [0.1, 0.15) is 11.4 Å². The van der Waals surface area contributed by atoms with Crippen molar-refractivity contribution in [1.82, 2.24) is 31.5 Å². The molecule has 4 saturated carbocycles. The Balaban J connectivity index is 0.000000148. The molecule has 4 atom stereocenters. The molecule has 0 aromatic carbocycles. The fourth-order valence-electron chi connectivity index (χ4n) is 12.2. The maximum absolute atomic E-state index is 12.7. The fraction of sp³-hybridized carbons (Fsp3) is 0.907. The topological polar surface area (TPSA) is 189 Å². The number of nitrogens with zero attached hydrogens (tertiary/aromatic N) is 1. The Hall–Kier alpha value is -2.72. The Labute approximate surface area is 344 Å².